The average molecular weight is 353 g/mol. The molecule has 0 atom stereocenters. The molecule has 2 heteroatoms. The number of hydrogen-bond donors (Lipinski definition) is 0. The van der Waals surface area contributed by atoms with Gasteiger partial charge in [-0.3, -0.25) is 0 Å². The van der Waals surface area contributed by atoms with Gasteiger partial charge >= 0.3 is 137 Å². The van der Waals surface area contributed by atoms with Crippen molar-refractivity contribution in [2.75, 3.05) is 0 Å². The molecule has 2 aliphatic heterocycles. The fourth-order valence-corrected chi connectivity index (χ4v) is 16.3. The molecular weight excluding hydrogens is 327 g/mol. The number of pyridine rings is 1. The molecule has 2 aliphatic rings. The van der Waals surface area contributed by atoms with Crippen LogP contribution < -0.4 is 8.96 Å². The Kier molecular flexibility index (Phi) is 3.64. The molecule has 1 saturated heterocycles. The van der Waals surface area contributed by atoms with E-state index in [-0.39, 0.29) is 0 Å². The van der Waals surface area contributed by atoms with Crippen molar-refractivity contribution in [2.24, 2.45) is 7.05 Å². The van der Waals surface area contributed by atoms with Crippen molar-refractivity contribution < 1.29 is 4.57 Å². The van der Waals surface area contributed by atoms with Crippen LogP contribution in [0.1, 0.15) is 30.4 Å². The van der Waals surface area contributed by atoms with E-state index in [1.807, 2.05) is 4.40 Å². The van der Waals surface area contributed by atoms with Gasteiger partial charge in [0.1, 0.15) is 0 Å². The molecule has 114 valence electrons. The summed E-state index contributed by atoms with van der Waals surface area (Å²) in [6, 6.07) is 11.3. The monoisotopic (exact) mass is 354 g/mol. The number of aryl methyl sites for hydroxylation is 3. The molecule has 4 rings (SSSR count). The van der Waals surface area contributed by atoms with Crippen LogP contribution in [0, 0.1) is 6.92 Å². The predicted molar refractivity (Wildman–Crippen MR) is 95.2 cm³/mol. The van der Waals surface area contributed by atoms with Crippen LogP contribution in [0.25, 0.3) is 11.3 Å². The molecule has 3 heterocycles. The molecular formula is C20H26GeN+. The van der Waals surface area contributed by atoms with Gasteiger partial charge in [0.25, 0.3) is 0 Å². The fourth-order valence-electron chi connectivity index (χ4n) is 4.76. The first kappa shape index (κ1) is 14.5. The Balaban J connectivity index is 1.82. The van der Waals surface area contributed by atoms with Gasteiger partial charge in [-0.1, -0.05) is 0 Å². The first-order valence-electron chi connectivity index (χ1n) is 8.79. The van der Waals surface area contributed by atoms with Crippen molar-refractivity contribution in [1.29, 1.82) is 0 Å². The third kappa shape index (κ3) is 2.25. The molecule has 0 aliphatic carbocycles. The van der Waals surface area contributed by atoms with Crippen LogP contribution in [-0.2, 0) is 13.5 Å². The molecule has 0 N–H and O–H groups in total. The van der Waals surface area contributed by atoms with E-state index < -0.39 is 13.3 Å². The molecule has 2 aromatic rings. The quantitative estimate of drug-likeness (QED) is 0.541. The number of benzene rings is 1. The first-order valence-corrected chi connectivity index (χ1v) is 14.3. The van der Waals surface area contributed by atoms with Gasteiger partial charge < -0.3 is 0 Å². The molecule has 22 heavy (non-hydrogen) atoms. The molecule has 0 unspecified atom stereocenters. The Hall–Kier alpha value is -1.09. The number of aromatic nitrogens is 1. The number of fused-ring (bicyclic) bond motifs is 2. The molecule has 0 radical (unpaired) electrons. The number of rotatable bonds is 1. The molecule has 1 aromatic carbocycles. The van der Waals surface area contributed by atoms with Crippen molar-refractivity contribution >= 4 is 17.7 Å². The van der Waals surface area contributed by atoms with Gasteiger partial charge in [-0.05, 0) is 0 Å². The molecule has 0 bridgehead atoms. The minimum absolute atomic E-state index is 1.36. The van der Waals surface area contributed by atoms with E-state index in [9.17, 15) is 0 Å². The van der Waals surface area contributed by atoms with Gasteiger partial charge in [0.05, 0.1) is 0 Å². The van der Waals surface area contributed by atoms with E-state index >= 15 is 0 Å². The predicted octanol–water partition coefficient (Wildman–Crippen LogP) is 3.88. The second kappa shape index (κ2) is 5.52. The summed E-state index contributed by atoms with van der Waals surface area (Å²) in [6.45, 7) is 2.23. The van der Waals surface area contributed by atoms with Gasteiger partial charge in [0.2, 0.25) is 0 Å². The van der Waals surface area contributed by atoms with E-state index in [1.165, 1.54) is 42.5 Å². The van der Waals surface area contributed by atoms with Gasteiger partial charge in [-0.2, -0.15) is 0 Å². The Morgan fingerprint density at radius 2 is 1.77 bits per heavy atom. The summed E-state index contributed by atoms with van der Waals surface area (Å²) in [5, 5.41) is 4.75. The van der Waals surface area contributed by atoms with Crippen LogP contribution in [0.5, 0.6) is 0 Å². The maximum atomic E-state index is 2.54. The number of hydrogen-bond acceptors (Lipinski definition) is 0. The van der Waals surface area contributed by atoms with Gasteiger partial charge in [0, 0.05) is 0 Å². The zero-order chi connectivity index (χ0) is 15.2. The maximum absolute atomic E-state index is 2.54. The van der Waals surface area contributed by atoms with Crippen molar-refractivity contribution in [3.63, 3.8) is 0 Å². The van der Waals surface area contributed by atoms with Gasteiger partial charge in [-0.15, -0.1) is 0 Å². The van der Waals surface area contributed by atoms with E-state index in [2.05, 4.69) is 55.1 Å². The number of nitrogens with zero attached hydrogens (tertiary/aromatic N) is 1. The zero-order valence-corrected chi connectivity index (χ0v) is 16.0. The van der Waals surface area contributed by atoms with E-state index in [0.717, 1.165) is 0 Å². The van der Waals surface area contributed by atoms with Crippen LogP contribution >= 0.6 is 0 Å². The van der Waals surface area contributed by atoms with E-state index in [1.54, 1.807) is 21.3 Å². The van der Waals surface area contributed by atoms with Gasteiger partial charge in [0.15, 0.2) is 0 Å². The molecule has 1 fully saturated rings. The SMILES string of the molecule is Cc1ccccc1-c1cc2[c](c[n+]1C)[Ge]1([CH2]CCC[CH2]1)[CH2]C2. The fraction of sp³-hybridized carbons (Fsp3) is 0.450. The molecule has 1 nitrogen and oxygen atoms in total. The second-order valence-corrected chi connectivity index (χ2v) is 17.0. The summed E-state index contributed by atoms with van der Waals surface area (Å²) in [4.78, 5) is 0. The summed E-state index contributed by atoms with van der Waals surface area (Å²) in [5.74, 6) is 0. The minimum atomic E-state index is -1.70. The normalized spacial score (nSPS) is 19.4. The first-order chi connectivity index (χ1) is 10.7. The Bertz CT molecular complexity index is 714. The summed E-state index contributed by atoms with van der Waals surface area (Å²) in [5.41, 5.74) is 5.86. The van der Waals surface area contributed by atoms with E-state index in [0.29, 0.717) is 0 Å². The van der Waals surface area contributed by atoms with Crippen molar-refractivity contribution in [3.05, 3.63) is 47.7 Å². The van der Waals surface area contributed by atoms with Crippen LogP contribution in [0.4, 0.5) is 0 Å². The Morgan fingerprint density at radius 3 is 2.55 bits per heavy atom. The van der Waals surface area contributed by atoms with Crippen molar-refractivity contribution in [1.82, 2.24) is 0 Å². The summed E-state index contributed by atoms with van der Waals surface area (Å²) in [7, 11) is 2.25. The topological polar surface area (TPSA) is 3.88 Å². The second-order valence-electron chi connectivity index (χ2n) is 7.36. The van der Waals surface area contributed by atoms with Crippen molar-refractivity contribution in [3.8, 4) is 11.3 Å². The Labute approximate surface area is 136 Å². The molecule has 0 amide bonds. The van der Waals surface area contributed by atoms with Crippen LogP contribution in [-0.4, -0.2) is 13.3 Å². The summed E-state index contributed by atoms with van der Waals surface area (Å²) < 4.78 is 4.26. The molecule has 1 spiro atoms. The summed E-state index contributed by atoms with van der Waals surface area (Å²) >= 11 is -1.70. The van der Waals surface area contributed by atoms with Gasteiger partial charge in [-0.25, -0.2) is 0 Å². The van der Waals surface area contributed by atoms with E-state index in [4.69, 9.17) is 0 Å². The zero-order valence-electron chi connectivity index (χ0n) is 13.9. The van der Waals surface area contributed by atoms with Crippen LogP contribution in [0.3, 0.4) is 0 Å². The average Bonchev–Trinajstić information content (AvgIpc) is 2.86. The molecule has 0 saturated carbocycles. The molecule has 1 aromatic heterocycles. The van der Waals surface area contributed by atoms with Crippen LogP contribution in [0.2, 0.25) is 15.8 Å². The standard InChI is InChI=1S/C20H26GeN/c1-16-8-4-5-9-18(16)20-14-17-10-13-21(11-6-3-7-12-21)19(17)15-22(20)2/h4-5,8-9,14-15H,3,6-7,10-13H2,1-2H3/q+1. The Morgan fingerprint density at radius 1 is 1.00 bits per heavy atom. The van der Waals surface area contributed by atoms with Crippen molar-refractivity contribution in [2.45, 2.75) is 48.4 Å². The third-order valence-corrected chi connectivity index (χ3v) is 17.4. The third-order valence-electron chi connectivity index (χ3n) is 6.04. The van der Waals surface area contributed by atoms with Crippen LogP contribution in [0.15, 0.2) is 36.5 Å². The summed E-state index contributed by atoms with van der Waals surface area (Å²) in [6.07, 6.45) is 8.38.